The van der Waals surface area contributed by atoms with Gasteiger partial charge in [-0.3, -0.25) is 14.4 Å². The van der Waals surface area contributed by atoms with Gasteiger partial charge < -0.3 is 30.2 Å². The summed E-state index contributed by atoms with van der Waals surface area (Å²) in [6, 6.07) is 16.2. The molecule has 0 spiro atoms. The number of anilines is 1. The van der Waals surface area contributed by atoms with Gasteiger partial charge in [0.25, 0.3) is 5.91 Å². The number of hydrogen-bond acceptors (Lipinski definition) is 8. The molecule has 0 bridgehead atoms. The lowest BCUT2D eigenvalue weighted by atomic mass is 10.1. The highest BCUT2D eigenvalue weighted by Crippen LogP contribution is 2.27. The molecule has 0 aliphatic heterocycles. The molecule has 0 saturated carbocycles. The summed E-state index contributed by atoms with van der Waals surface area (Å²) in [6.07, 6.45) is 0. The third kappa shape index (κ3) is 9.38. The standard InChI is InChI=1S/C28H33N5O6/c1-28(2,3)33-24(34)15-29-25(35)16-39-17-26(36)31-23-14-22(18-6-10-20(37-4)11-7-18)30-27(32-23)19-8-12-21(38-5)13-9-19/h6-14H,15-17H2,1-5H3,(H,29,35)(H,33,34)(H,30,31,32,36). The zero-order chi connectivity index (χ0) is 28.4. The van der Waals surface area contributed by atoms with Gasteiger partial charge in [-0.1, -0.05) is 0 Å². The largest absolute Gasteiger partial charge is 0.497 e. The molecule has 1 heterocycles. The van der Waals surface area contributed by atoms with Crippen molar-refractivity contribution in [3.05, 3.63) is 54.6 Å². The summed E-state index contributed by atoms with van der Waals surface area (Å²) in [5, 5.41) is 7.88. The summed E-state index contributed by atoms with van der Waals surface area (Å²) in [5.74, 6) is 0.708. The molecule has 1 aromatic heterocycles. The number of nitrogens with one attached hydrogen (secondary N) is 3. The van der Waals surface area contributed by atoms with Gasteiger partial charge in [-0.15, -0.1) is 0 Å². The van der Waals surface area contributed by atoms with Gasteiger partial charge >= 0.3 is 0 Å². The average Bonchev–Trinajstić information content (AvgIpc) is 2.91. The summed E-state index contributed by atoms with van der Waals surface area (Å²) in [4.78, 5) is 45.5. The second kappa shape index (κ2) is 13.3. The number of amides is 3. The van der Waals surface area contributed by atoms with Crippen molar-refractivity contribution in [1.82, 2.24) is 20.6 Å². The molecule has 0 aliphatic carbocycles. The van der Waals surface area contributed by atoms with Gasteiger partial charge in [-0.05, 0) is 69.3 Å². The molecule has 3 aromatic rings. The van der Waals surface area contributed by atoms with E-state index in [0.717, 1.165) is 11.1 Å². The highest BCUT2D eigenvalue weighted by molar-refractivity contribution is 5.92. The first-order valence-electron chi connectivity index (χ1n) is 12.2. The second-order valence-electron chi connectivity index (χ2n) is 9.53. The molecule has 2 aromatic carbocycles. The number of benzene rings is 2. The molecular weight excluding hydrogens is 502 g/mol. The Balaban J connectivity index is 1.66. The number of carbonyl (C=O) groups excluding carboxylic acids is 3. The zero-order valence-corrected chi connectivity index (χ0v) is 22.7. The van der Waals surface area contributed by atoms with Gasteiger partial charge in [0.1, 0.15) is 30.5 Å². The van der Waals surface area contributed by atoms with Crippen LogP contribution in [0.5, 0.6) is 11.5 Å². The lowest BCUT2D eigenvalue weighted by Gasteiger charge is -2.20. The fourth-order valence-corrected chi connectivity index (χ4v) is 3.40. The van der Waals surface area contributed by atoms with E-state index in [1.807, 2.05) is 57.2 Å². The Morgan fingerprint density at radius 3 is 1.90 bits per heavy atom. The van der Waals surface area contributed by atoms with Crippen LogP contribution in [0.2, 0.25) is 0 Å². The summed E-state index contributed by atoms with van der Waals surface area (Å²) in [6.45, 7) is 4.56. The number of carbonyl (C=O) groups is 3. The summed E-state index contributed by atoms with van der Waals surface area (Å²) >= 11 is 0. The normalized spacial score (nSPS) is 10.9. The minimum atomic E-state index is -0.516. The van der Waals surface area contributed by atoms with E-state index >= 15 is 0 Å². The third-order valence-electron chi connectivity index (χ3n) is 5.15. The van der Waals surface area contributed by atoms with E-state index < -0.39 is 17.4 Å². The topological polar surface area (TPSA) is 141 Å². The Hall–Kier alpha value is -4.51. The van der Waals surface area contributed by atoms with Crippen molar-refractivity contribution in [1.29, 1.82) is 0 Å². The lowest BCUT2D eigenvalue weighted by molar-refractivity contribution is -0.131. The zero-order valence-electron chi connectivity index (χ0n) is 22.7. The Morgan fingerprint density at radius 1 is 0.769 bits per heavy atom. The van der Waals surface area contributed by atoms with Gasteiger partial charge in [-0.2, -0.15) is 0 Å². The first-order chi connectivity index (χ1) is 18.6. The molecule has 206 valence electrons. The molecule has 11 nitrogen and oxygen atoms in total. The molecule has 0 saturated heterocycles. The summed E-state index contributed by atoms with van der Waals surface area (Å²) in [7, 11) is 3.17. The highest BCUT2D eigenvalue weighted by atomic mass is 16.5. The second-order valence-corrected chi connectivity index (χ2v) is 9.53. The van der Waals surface area contributed by atoms with Crippen molar-refractivity contribution in [3.63, 3.8) is 0 Å². The average molecular weight is 536 g/mol. The van der Waals surface area contributed by atoms with Crippen LogP contribution in [0.1, 0.15) is 20.8 Å². The predicted molar refractivity (Wildman–Crippen MR) is 146 cm³/mol. The molecule has 3 N–H and O–H groups in total. The smallest absolute Gasteiger partial charge is 0.251 e. The van der Waals surface area contributed by atoms with Crippen LogP contribution in [0.15, 0.2) is 54.6 Å². The first-order valence-corrected chi connectivity index (χ1v) is 12.2. The minimum absolute atomic E-state index is 0.186. The molecule has 0 unspecified atom stereocenters. The van der Waals surface area contributed by atoms with Crippen molar-refractivity contribution in [3.8, 4) is 34.1 Å². The molecule has 39 heavy (non-hydrogen) atoms. The van der Waals surface area contributed by atoms with E-state index in [1.54, 1.807) is 32.4 Å². The van der Waals surface area contributed by atoms with Crippen molar-refractivity contribution in [2.45, 2.75) is 26.3 Å². The van der Waals surface area contributed by atoms with E-state index in [2.05, 4.69) is 25.9 Å². The number of ether oxygens (including phenoxy) is 3. The van der Waals surface area contributed by atoms with Crippen LogP contribution in [0, 0.1) is 0 Å². The van der Waals surface area contributed by atoms with Gasteiger partial charge in [0.05, 0.1) is 26.5 Å². The van der Waals surface area contributed by atoms with Crippen LogP contribution < -0.4 is 25.4 Å². The van der Waals surface area contributed by atoms with Crippen LogP contribution in [0.3, 0.4) is 0 Å². The number of rotatable bonds is 11. The number of methoxy groups -OCH3 is 2. The van der Waals surface area contributed by atoms with Gasteiger partial charge in [-0.25, -0.2) is 9.97 Å². The molecule has 0 fully saturated rings. The number of aromatic nitrogens is 2. The molecular formula is C28H33N5O6. The fraction of sp³-hybridized carbons (Fsp3) is 0.321. The van der Waals surface area contributed by atoms with Crippen molar-refractivity contribution < 1.29 is 28.6 Å². The maximum atomic E-state index is 12.6. The van der Waals surface area contributed by atoms with E-state index in [0.29, 0.717) is 23.0 Å². The molecule has 11 heteroatoms. The van der Waals surface area contributed by atoms with E-state index in [4.69, 9.17) is 14.2 Å². The molecule has 0 radical (unpaired) electrons. The van der Waals surface area contributed by atoms with Gasteiger partial charge in [0.15, 0.2) is 5.82 Å². The van der Waals surface area contributed by atoms with Gasteiger partial charge in [0.2, 0.25) is 11.8 Å². The van der Waals surface area contributed by atoms with Gasteiger partial charge in [0, 0.05) is 22.7 Å². The first kappa shape index (κ1) is 29.1. The molecule has 3 amide bonds. The van der Waals surface area contributed by atoms with Crippen molar-refractivity contribution in [2.75, 3.05) is 39.3 Å². The Labute approximate surface area is 227 Å². The quantitative estimate of drug-likeness (QED) is 0.340. The predicted octanol–water partition coefficient (Wildman–Crippen LogP) is 2.81. The Bertz CT molecular complexity index is 1220. The van der Waals surface area contributed by atoms with Crippen molar-refractivity contribution >= 4 is 23.5 Å². The maximum Gasteiger partial charge on any atom is 0.251 e. The third-order valence-corrected chi connectivity index (χ3v) is 5.15. The summed E-state index contributed by atoms with van der Waals surface area (Å²) < 4.78 is 15.7. The van der Waals surface area contributed by atoms with Crippen LogP contribution in [-0.4, -0.2) is 67.2 Å². The monoisotopic (exact) mass is 535 g/mol. The Morgan fingerprint density at radius 2 is 1.33 bits per heavy atom. The van der Waals surface area contributed by atoms with Crippen LogP contribution in [-0.2, 0) is 19.1 Å². The number of hydrogen-bond donors (Lipinski definition) is 3. The molecule has 3 rings (SSSR count). The van der Waals surface area contributed by atoms with Crippen LogP contribution in [0.4, 0.5) is 5.82 Å². The highest BCUT2D eigenvalue weighted by Gasteiger charge is 2.15. The number of nitrogens with zero attached hydrogens (tertiary/aromatic N) is 2. The van der Waals surface area contributed by atoms with Crippen LogP contribution >= 0.6 is 0 Å². The Kier molecular flexibility index (Phi) is 9.93. The molecule has 0 atom stereocenters. The summed E-state index contributed by atoms with van der Waals surface area (Å²) in [5.41, 5.74) is 1.71. The minimum Gasteiger partial charge on any atom is -0.497 e. The van der Waals surface area contributed by atoms with E-state index in [9.17, 15) is 14.4 Å². The van der Waals surface area contributed by atoms with Crippen molar-refractivity contribution in [2.24, 2.45) is 0 Å². The SMILES string of the molecule is COc1ccc(-c2cc(NC(=O)COCC(=O)NCC(=O)NC(C)(C)C)nc(-c3ccc(OC)cc3)n2)cc1. The van der Waals surface area contributed by atoms with E-state index in [-0.39, 0.29) is 31.5 Å². The molecule has 0 aliphatic rings. The van der Waals surface area contributed by atoms with Crippen LogP contribution in [0.25, 0.3) is 22.6 Å². The maximum absolute atomic E-state index is 12.6. The lowest BCUT2D eigenvalue weighted by Crippen LogP contribution is -2.46. The fourth-order valence-electron chi connectivity index (χ4n) is 3.40. The van der Waals surface area contributed by atoms with E-state index in [1.165, 1.54) is 0 Å².